The Morgan fingerprint density at radius 2 is 1.93 bits per heavy atom. The zero-order chi connectivity index (χ0) is 19.7. The minimum Gasteiger partial charge on any atom is -0.352 e. The van der Waals surface area contributed by atoms with Gasteiger partial charge in [0.1, 0.15) is 5.82 Å². The Bertz CT molecular complexity index is 985. The van der Waals surface area contributed by atoms with Crippen LogP contribution < -0.4 is 10.6 Å². The third-order valence-corrected chi connectivity index (χ3v) is 4.93. The standard InChI is InChI=1S/C21H18FN3O3/c22-15-4-1-14(2-5-15)19-12-17(26)8-10-25(19)21(28)24-16-6-3-13-7-9-23-20(27)18(13)11-16/h1-6,8,10-11,19H,7,9,12H2,(H,23,27)(H,24,28). The first kappa shape index (κ1) is 17.9. The normalized spacial score (nSPS) is 18.5. The molecule has 0 aliphatic carbocycles. The van der Waals surface area contributed by atoms with Crippen LogP contribution in [0, 0.1) is 5.82 Å². The van der Waals surface area contributed by atoms with Gasteiger partial charge in [-0.15, -0.1) is 0 Å². The molecule has 1 atom stereocenters. The molecule has 0 aromatic heterocycles. The predicted molar refractivity (Wildman–Crippen MR) is 101 cm³/mol. The lowest BCUT2D eigenvalue weighted by Gasteiger charge is -2.31. The third-order valence-electron chi connectivity index (χ3n) is 4.93. The number of fused-ring (bicyclic) bond motifs is 1. The van der Waals surface area contributed by atoms with Gasteiger partial charge >= 0.3 is 6.03 Å². The van der Waals surface area contributed by atoms with E-state index in [1.807, 2.05) is 6.07 Å². The number of benzene rings is 2. The van der Waals surface area contributed by atoms with Crippen LogP contribution in [-0.4, -0.2) is 29.2 Å². The average molecular weight is 379 g/mol. The predicted octanol–water partition coefficient (Wildman–Crippen LogP) is 3.17. The summed E-state index contributed by atoms with van der Waals surface area (Å²) in [6.45, 7) is 0.601. The highest BCUT2D eigenvalue weighted by Gasteiger charge is 2.29. The van der Waals surface area contributed by atoms with Crippen molar-refractivity contribution in [1.82, 2.24) is 10.2 Å². The molecule has 0 saturated carbocycles. The first-order valence-electron chi connectivity index (χ1n) is 8.98. The fourth-order valence-electron chi connectivity index (χ4n) is 3.47. The van der Waals surface area contributed by atoms with Crippen LogP contribution >= 0.6 is 0 Å². The van der Waals surface area contributed by atoms with Gasteiger partial charge < -0.3 is 10.6 Å². The molecule has 1 unspecified atom stereocenters. The van der Waals surface area contributed by atoms with E-state index >= 15 is 0 Å². The molecule has 2 aromatic rings. The molecule has 7 heteroatoms. The van der Waals surface area contributed by atoms with Gasteiger partial charge in [0, 0.05) is 30.4 Å². The van der Waals surface area contributed by atoms with E-state index in [-0.39, 0.29) is 23.9 Å². The summed E-state index contributed by atoms with van der Waals surface area (Å²) in [5.74, 6) is -0.654. The van der Waals surface area contributed by atoms with E-state index in [0.29, 0.717) is 23.4 Å². The molecule has 28 heavy (non-hydrogen) atoms. The Balaban J connectivity index is 1.58. The van der Waals surface area contributed by atoms with Gasteiger partial charge in [0.15, 0.2) is 5.78 Å². The fourth-order valence-corrected chi connectivity index (χ4v) is 3.47. The molecular weight excluding hydrogens is 361 g/mol. The first-order chi connectivity index (χ1) is 13.5. The highest BCUT2D eigenvalue weighted by atomic mass is 19.1. The zero-order valence-corrected chi connectivity index (χ0v) is 14.9. The van der Waals surface area contributed by atoms with Crippen LogP contribution in [0.2, 0.25) is 0 Å². The Hall–Kier alpha value is -3.48. The minimum atomic E-state index is -0.529. The molecule has 2 aliphatic heterocycles. The van der Waals surface area contributed by atoms with Crippen molar-refractivity contribution in [3.8, 4) is 0 Å². The van der Waals surface area contributed by atoms with Gasteiger partial charge in [-0.1, -0.05) is 18.2 Å². The number of allylic oxidation sites excluding steroid dienone is 1. The number of anilines is 1. The number of urea groups is 1. The second kappa shape index (κ2) is 7.26. The molecule has 0 radical (unpaired) electrons. The van der Waals surface area contributed by atoms with Crippen LogP contribution in [0.15, 0.2) is 54.7 Å². The molecule has 2 heterocycles. The van der Waals surface area contributed by atoms with Crippen molar-refractivity contribution in [3.05, 3.63) is 77.2 Å². The lowest BCUT2D eigenvalue weighted by molar-refractivity contribution is -0.116. The van der Waals surface area contributed by atoms with E-state index in [2.05, 4.69) is 10.6 Å². The highest BCUT2D eigenvalue weighted by molar-refractivity contribution is 6.00. The number of rotatable bonds is 2. The van der Waals surface area contributed by atoms with E-state index in [1.54, 1.807) is 24.3 Å². The lowest BCUT2D eigenvalue weighted by atomic mass is 9.97. The van der Waals surface area contributed by atoms with Gasteiger partial charge in [-0.05, 0) is 47.9 Å². The number of hydrogen-bond donors (Lipinski definition) is 2. The van der Waals surface area contributed by atoms with Crippen molar-refractivity contribution in [3.63, 3.8) is 0 Å². The number of ketones is 1. The molecule has 0 saturated heterocycles. The molecule has 3 amide bonds. The number of carbonyl (C=O) groups excluding carboxylic acids is 3. The fraction of sp³-hybridized carbons (Fsp3) is 0.190. The highest BCUT2D eigenvalue weighted by Crippen LogP contribution is 2.29. The number of nitrogens with zero attached hydrogens (tertiary/aromatic N) is 1. The molecular formula is C21H18FN3O3. The topological polar surface area (TPSA) is 78.5 Å². The number of halogens is 1. The number of nitrogens with one attached hydrogen (secondary N) is 2. The summed E-state index contributed by atoms with van der Waals surface area (Å²) in [4.78, 5) is 38.1. The van der Waals surface area contributed by atoms with Crippen LogP contribution in [0.5, 0.6) is 0 Å². The largest absolute Gasteiger partial charge is 0.352 e. The second-order valence-corrected chi connectivity index (χ2v) is 6.77. The molecule has 2 aliphatic rings. The maximum absolute atomic E-state index is 13.2. The Morgan fingerprint density at radius 1 is 1.14 bits per heavy atom. The average Bonchev–Trinajstić information content (AvgIpc) is 2.69. The van der Waals surface area contributed by atoms with Gasteiger partial charge in [-0.25, -0.2) is 9.18 Å². The van der Waals surface area contributed by atoms with Gasteiger partial charge in [0.05, 0.1) is 6.04 Å². The quantitative estimate of drug-likeness (QED) is 0.841. The Kier molecular flexibility index (Phi) is 4.65. The van der Waals surface area contributed by atoms with Crippen molar-refractivity contribution in [2.75, 3.05) is 11.9 Å². The summed E-state index contributed by atoms with van der Waals surface area (Å²) in [7, 11) is 0. The van der Waals surface area contributed by atoms with Gasteiger partial charge in [0.25, 0.3) is 5.91 Å². The summed E-state index contributed by atoms with van der Waals surface area (Å²) >= 11 is 0. The summed E-state index contributed by atoms with van der Waals surface area (Å²) in [6.07, 6.45) is 3.64. The summed E-state index contributed by atoms with van der Waals surface area (Å²) in [6, 6.07) is 10.00. The van der Waals surface area contributed by atoms with Crippen molar-refractivity contribution >= 4 is 23.4 Å². The van der Waals surface area contributed by atoms with Crippen LogP contribution in [0.3, 0.4) is 0 Å². The molecule has 4 rings (SSSR count). The summed E-state index contributed by atoms with van der Waals surface area (Å²) < 4.78 is 13.2. The Labute approximate surface area is 161 Å². The first-order valence-corrected chi connectivity index (χ1v) is 8.98. The monoisotopic (exact) mass is 379 g/mol. The van der Waals surface area contributed by atoms with Crippen molar-refractivity contribution < 1.29 is 18.8 Å². The van der Waals surface area contributed by atoms with Crippen molar-refractivity contribution in [2.45, 2.75) is 18.9 Å². The van der Waals surface area contributed by atoms with Gasteiger partial charge in [-0.2, -0.15) is 0 Å². The molecule has 142 valence electrons. The maximum atomic E-state index is 13.2. The molecule has 0 spiro atoms. The molecule has 6 nitrogen and oxygen atoms in total. The van der Waals surface area contributed by atoms with E-state index in [4.69, 9.17) is 0 Å². The van der Waals surface area contributed by atoms with Gasteiger partial charge in [0.2, 0.25) is 0 Å². The maximum Gasteiger partial charge on any atom is 0.326 e. The lowest BCUT2D eigenvalue weighted by Crippen LogP contribution is -2.37. The van der Waals surface area contributed by atoms with E-state index in [1.165, 1.54) is 29.3 Å². The van der Waals surface area contributed by atoms with Gasteiger partial charge in [-0.3, -0.25) is 14.5 Å². The SMILES string of the molecule is O=C1C=CN(C(=O)Nc2ccc3c(c2)C(=O)NCC3)C(c2ccc(F)cc2)C1. The second-order valence-electron chi connectivity index (χ2n) is 6.77. The molecule has 0 bridgehead atoms. The summed E-state index contributed by atoms with van der Waals surface area (Å²) in [5.41, 5.74) is 2.64. The van der Waals surface area contributed by atoms with E-state index in [0.717, 1.165) is 12.0 Å². The molecule has 2 N–H and O–H groups in total. The minimum absolute atomic E-state index is 0.108. The number of carbonyl (C=O) groups is 3. The van der Waals surface area contributed by atoms with Crippen LogP contribution in [0.25, 0.3) is 0 Å². The zero-order valence-electron chi connectivity index (χ0n) is 14.9. The van der Waals surface area contributed by atoms with Crippen molar-refractivity contribution in [1.29, 1.82) is 0 Å². The smallest absolute Gasteiger partial charge is 0.326 e. The van der Waals surface area contributed by atoms with Crippen LogP contribution in [-0.2, 0) is 11.2 Å². The summed E-state index contributed by atoms with van der Waals surface area (Å²) in [5, 5.41) is 5.56. The number of amides is 3. The van der Waals surface area contributed by atoms with E-state index in [9.17, 15) is 18.8 Å². The van der Waals surface area contributed by atoms with Crippen molar-refractivity contribution in [2.24, 2.45) is 0 Å². The Morgan fingerprint density at radius 3 is 2.71 bits per heavy atom. The van der Waals surface area contributed by atoms with E-state index < -0.39 is 12.1 Å². The van der Waals surface area contributed by atoms with Crippen LogP contribution in [0.4, 0.5) is 14.9 Å². The number of hydrogen-bond acceptors (Lipinski definition) is 3. The third kappa shape index (κ3) is 3.51. The van der Waals surface area contributed by atoms with Crippen LogP contribution in [0.1, 0.15) is 33.9 Å². The molecule has 0 fully saturated rings. The molecule has 2 aromatic carbocycles.